The molecule has 0 aliphatic heterocycles. The molecule has 0 spiro atoms. The van der Waals surface area contributed by atoms with Crippen LogP contribution in [0.3, 0.4) is 0 Å². The average Bonchev–Trinajstić information content (AvgIpc) is 2.49. The molecule has 3 nitrogen and oxygen atoms in total. The minimum atomic E-state index is -0.449. The van der Waals surface area contributed by atoms with Crippen molar-refractivity contribution >= 4 is 5.65 Å². The van der Waals surface area contributed by atoms with Crippen LogP contribution in [0, 0.1) is 6.92 Å². The molecule has 0 radical (unpaired) electrons. The predicted molar refractivity (Wildman–Crippen MR) is 42.5 cm³/mol. The molecule has 2 heterocycles. The molecular formula is C8H8FN3. The second-order valence-electron chi connectivity index (χ2n) is 2.68. The first kappa shape index (κ1) is 7.21. The third-order valence-corrected chi connectivity index (χ3v) is 1.87. The molecular weight excluding hydrogens is 157 g/mol. The number of alkyl halides is 1. The molecule has 0 saturated carbocycles. The third-order valence-electron chi connectivity index (χ3n) is 1.87. The van der Waals surface area contributed by atoms with E-state index in [2.05, 4.69) is 10.1 Å². The van der Waals surface area contributed by atoms with Crippen molar-refractivity contribution in [3.63, 3.8) is 0 Å². The fourth-order valence-electron chi connectivity index (χ4n) is 1.14. The van der Waals surface area contributed by atoms with Crippen LogP contribution in [-0.4, -0.2) is 14.6 Å². The van der Waals surface area contributed by atoms with Crippen molar-refractivity contribution in [2.45, 2.75) is 13.6 Å². The quantitative estimate of drug-likeness (QED) is 0.641. The van der Waals surface area contributed by atoms with Gasteiger partial charge in [0.1, 0.15) is 13.0 Å². The fraction of sp³-hybridized carbons (Fsp3) is 0.250. The first-order chi connectivity index (χ1) is 5.81. The van der Waals surface area contributed by atoms with Crippen LogP contribution in [0.5, 0.6) is 0 Å². The number of hydrogen-bond acceptors (Lipinski definition) is 2. The summed E-state index contributed by atoms with van der Waals surface area (Å²) in [6, 6.07) is 1.71. The molecule has 0 N–H and O–H groups in total. The molecule has 2 aromatic heterocycles. The van der Waals surface area contributed by atoms with Crippen molar-refractivity contribution in [1.82, 2.24) is 14.6 Å². The van der Waals surface area contributed by atoms with Gasteiger partial charge in [0.15, 0.2) is 5.65 Å². The Bertz CT molecular complexity index is 408. The maximum Gasteiger partial charge on any atom is 0.155 e. The van der Waals surface area contributed by atoms with Crippen molar-refractivity contribution in [1.29, 1.82) is 0 Å². The molecule has 0 aliphatic carbocycles. The van der Waals surface area contributed by atoms with E-state index in [0.717, 1.165) is 5.56 Å². The molecule has 0 bridgehead atoms. The lowest BCUT2D eigenvalue weighted by Gasteiger charge is -2.00. The van der Waals surface area contributed by atoms with Crippen molar-refractivity contribution in [3.8, 4) is 0 Å². The number of pyridine rings is 1. The Hall–Kier alpha value is -1.45. The molecule has 0 atom stereocenters. The number of rotatable bonds is 1. The largest absolute Gasteiger partial charge is 0.246 e. The zero-order valence-electron chi connectivity index (χ0n) is 6.66. The van der Waals surface area contributed by atoms with Crippen molar-refractivity contribution in [2.24, 2.45) is 0 Å². The summed E-state index contributed by atoms with van der Waals surface area (Å²) in [6.45, 7) is 1.41. The van der Waals surface area contributed by atoms with Gasteiger partial charge >= 0.3 is 0 Å². The number of hydrogen-bond donors (Lipinski definition) is 0. The third kappa shape index (κ3) is 0.958. The maximum atomic E-state index is 12.4. The summed E-state index contributed by atoms with van der Waals surface area (Å²) in [7, 11) is 0. The van der Waals surface area contributed by atoms with Crippen LogP contribution in [-0.2, 0) is 6.67 Å². The highest BCUT2D eigenvalue weighted by atomic mass is 19.1. The lowest BCUT2D eigenvalue weighted by atomic mass is 10.2. The summed E-state index contributed by atoms with van der Waals surface area (Å²) in [6.07, 6.45) is 3.23. The molecule has 62 valence electrons. The Balaban J connectivity index is 2.73. The molecule has 0 unspecified atom stereocenters. The molecule has 0 amide bonds. The summed E-state index contributed by atoms with van der Waals surface area (Å²) < 4.78 is 14.0. The molecule has 0 aromatic carbocycles. The molecule has 2 aromatic rings. The zero-order valence-corrected chi connectivity index (χ0v) is 6.66. The molecule has 0 fully saturated rings. The van der Waals surface area contributed by atoms with Gasteiger partial charge in [0.25, 0.3) is 0 Å². The molecule has 12 heavy (non-hydrogen) atoms. The van der Waals surface area contributed by atoms with Crippen molar-refractivity contribution in [3.05, 3.63) is 29.7 Å². The number of fused-ring (bicyclic) bond motifs is 1. The monoisotopic (exact) mass is 165 g/mol. The smallest absolute Gasteiger partial charge is 0.155 e. The number of aryl methyl sites for hydroxylation is 1. The van der Waals surface area contributed by atoms with Gasteiger partial charge in [-0.1, -0.05) is 0 Å². The predicted octanol–water partition coefficient (Wildman–Crippen LogP) is 1.51. The van der Waals surface area contributed by atoms with E-state index in [1.165, 1.54) is 6.33 Å². The fourth-order valence-corrected chi connectivity index (χ4v) is 1.14. The van der Waals surface area contributed by atoms with Crippen LogP contribution < -0.4 is 0 Å². The summed E-state index contributed by atoms with van der Waals surface area (Å²) in [5, 5.41) is 3.94. The normalized spacial score (nSPS) is 10.8. The second kappa shape index (κ2) is 2.55. The standard InChI is InChI=1S/C8H8FN3/c1-6-4-12-8(10-5-11-12)2-7(6)3-9/h2,4-5H,3H2,1H3. The summed E-state index contributed by atoms with van der Waals surface area (Å²) >= 11 is 0. The summed E-state index contributed by atoms with van der Waals surface area (Å²) in [5.74, 6) is 0. The first-order valence-corrected chi connectivity index (χ1v) is 3.66. The Labute approximate surface area is 68.9 Å². The highest BCUT2D eigenvalue weighted by molar-refractivity contribution is 5.42. The van der Waals surface area contributed by atoms with E-state index in [4.69, 9.17) is 0 Å². The Kier molecular flexibility index (Phi) is 1.53. The zero-order chi connectivity index (χ0) is 8.55. The Morgan fingerprint density at radius 2 is 2.42 bits per heavy atom. The number of halogens is 1. The Morgan fingerprint density at radius 3 is 3.17 bits per heavy atom. The van der Waals surface area contributed by atoms with E-state index in [9.17, 15) is 4.39 Å². The minimum absolute atomic E-state index is 0.449. The van der Waals surface area contributed by atoms with Gasteiger partial charge < -0.3 is 0 Å². The van der Waals surface area contributed by atoms with Crippen molar-refractivity contribution < 1.29 is 4.39 Å². The van der Waals surface area contributed by atoms with Crippen LogP contribution >= 0.6 is 0 Å². The van der Waals surface area contributed by atoms with Crippen LogP contribution in [0.4, 0.5) is 4.39 Å². The van der Waals surface area contributed by atoms with E-state index in [1.807, 2.05) is 6.92 Å². The summed E-state index contributed by atoms with van der Waals surface area (Å²) in [4.78, 5) is 3.95. The van der Waals surface area contributed by atoms with Crippen LogP contribution in [0.15, 0.2) is 18.6 Å². The lowest BCUT2D eigenvalue weighted by Crippen LogP contribution is -1.93. The van der Waals surface area contributed by atoms with Crippen LogP contribution in [0.25, 0.3) is 5.65 Å². The van der Waals surface area contributed by atoms with Gasteiger partial charge in [-0.15, -0.1) is 0 Å². The van der Waals surface area contributed by atoms with Gasteiger partial charge in [-0.2, -0.15) is 5.10 Å². The van der Waals surface area contributed by atoms with E-state index < -0.39 is 6.67 Å². The van der Waals surface area contributed by atoms with E-state index in [0.29, 0.717) is 11.2 Å². The lowest BCUT2D eigenvalue weighted by molar-refractivity contribution is 0.483. The van der Waals surface area contributed by atoms with E-state index in [-0.39, 0.29) is 0 Å². The van der Waals surface area contributed by atoms with Gasteiger partial charge in [0.05, 0.1) is 0 Å². The first-order valence-electron chi connectivity index (χ1n) is 3.66. The average molecular weight is 165 g/mol. The molecule has 0 aliphatic rings. The van der Waals surface area contributed by atoms with Gasteiger partial charge in [0, 0.05) is 6.20 Å². The second-order valence-corrected chi connectivity index (χ2v) is 2.68. The van der Waals surface area contributed by atoms with Gasteiger partial charge in [-0.3, -0.25) is 0 Å². The number of nitrogens with zero attached hydrogens (tertiary/aromatic N) is 3. The topological polar surface area (TPSA) is 30.2 Å². The van der Waals surface area contributed by atoms with Crippen LogP contribution in [0.1, 0.15) is 11.1 Å². The van der Waals surface area contributed by atoms with E-state index in [1.54, 1.807) is 16.8 Å². The summed E-state index contributed by atoms with van der Waals surface area (Å²) in [5.41, 5.74) is 2.26. The minimum Gasteiger partial charge on any atom is -0.246 e. The highest BCUT2D eigenvalue weighted by Gasteiger charge is 2.01. The molecule has 2 rings (SSSR count). The van der Waals surface area contributed by atoms with Gasteiger partial charge in [0.2, 0.25) is 0 Å². The highest BCUT2D eigenvalue weighted by Crippen LogP contribution is 2.10. The van der Waals surface area contributed by atoms with E-state index >= 15 is 0 Å². The molecule has 0 saturated heterocycles. The maximum absolute atomic E-state index is 12.4. The molecule has 4 heteroatoms. The number of aromatic nitrogens is 3. The van der Waals surface area contributed by atoms with Gasteiger partial charge in [-0.05, 0) is 24.1 Å². The SMILES string of the molecule is Cc1cn2ncnc2cc1CF. The van der Waals surface area contributed by atoms with Gasteiger partial charge in [-0.25, -0.2) is 13.9 Å². The van der Waals surface area contributed by atoms with Crippen LogP contribution in [0.2, 0.25) is 0 Å². The van der Waals surface area contributed by atoms with Crippen molar-refractivity contribution in [2.75, 3.05) is 0 Å². The Morgan fingerprint density at radius 1 is 1.58 bits per heavy atom.